The predicted octanol–water partition coefficient (Wildman–Crippen LogP) is 2.71. The van der Waals surface area contributed by atoms with Gasteiger partial charge < -0.3 is 9.64 Å². The van der Waals surface area contributed by atoms with E-state index in [9.17, 15) is 17.6 Å². The zero-order valence-electron chi connectivity index (χ0n) is 15.6. The SMILES string of the molecule is O=C(C1Cc2cc(Cl)ccc2O1)N1CCCN(S(=O)(=O)c2ccc(F)cc2)CC1. The summed E-state index contributed by atoms with van der Waals surface area (Å²) in [5.41, 5.74) is 0.895. The number of hydrogen-bond donors (Lipinski definition) is 0. The Morgan fingerprint density at radius 3 is 2.59 bits per heavy atom. The van der Waals surface area contributed by atoms with Crippen LogP contribution in [0.4, 0.5) is 4.39 Å². The van der Waals surface area contributed by atoms with Crippen molar-refractivity contribution in [3.63, 3.8) is 0 Å². The summed E-state index contributed by atoms with van der Waals surface area (Å²) < 4.78 is 45.9. The Balaban J connectivity index is 1.42. The summed E-state index contributed by atoms with van der Waals surface area (Å²) in [6, 6.07) is 10.0. The molecule has 1 fully saturated rings. The van der Waals surface area contributed by atoms with Gasteiger partial charge in [-0.15, -0.1) is 0 Å². The van der Waals surface area contributed by atoms with Crippen LogP contribution in [0.25, 0.3) is 0 Å². The summed E-state index contributed by atoms with van der Waals surface area (Å²) in [5, 5.41) is 0.594. The molecule has 9 heteroatoms. The molecule has 1 atom stereocenters. The van der Waals surface area contributed by atoms with Gasteiger partial charge in [-0.3, -0.25) is 4.79 Å². The molecule has 0 aromatic heterocycles. The molecular formula is C20H20ClFN2O4S. The number of benzene rings is 2. The Kier molecular flexibility index (Phi) is 5.50. The van der Waals surface area contributed by atoms with Crippen LogP contribution >= 0.6 is 11.6 Å². The van der Waals surface area contributed by atoms with Crippen molar-refractivity contribution in [2.24, 2.45) is 0 Å². The molecule has 0 saturated carbocycles. The molecule has 1 amide bonds. The van der Waals surface area contributed by atoms with Crippen LogP contribution in [-0.4, -0.2) is 55.8 Å². The molecule has 0 bridgehead atoms. The minimum Gasteiger partial charge on any atom is -0.480 e. The van der Waals surface area contributed by atoms with E-state index < -0.39 is 21.9 Å². The summed E-state index contributed by atoms with van der Waals surface area (Å²) in [4.78, 5) is 14.6. The third-order valence-corrected chi connectivity index (χ3v) is 7.34. The highest BCUT2D eigenvalue weighted by atomic mass is 35.5. The minimum absolute atomic E-state index is 0.0464. The maximum Gasteiger partial charge on any atom is 0.264 e. The van der Waals surface area contributed by atoms with Crippen LogP contribution in [0.2, 0.25) is 5.02 Å². The summed E-state index contributed by atoms with van der Waals surface area (Å²) in [6.45, 7) is 1.20. The number of fused-ring (bicyclic) bond motifs is 1. The fourth-order valence-electron chi connectivity index (χ4n) is 3.67. The van der Waals surface area contributed by atoms with Crippen molar-refractivity contribution in [2.45, 2.75) is 23.8 Å². The third kappa shape index (κ3) is 4.10. The van der Waals surface area contributed by atoms with Crippen LogP contribution in [0.1, 0.15) is 12.0 Å². The zero-order valence-corrected chi connectivity index (χ0v) is 17.1. The van der Waals surface area contributed by atoms with Crippen LogP contribution < -0.4 is 4.74 Å². The lowest BCUT2D eigenvalue weighted by atomic mass is 10.1. The van der Waals surface area contributed by atoms with Crippen molar-refractivity contribution < 1.29 is 22.3 Å². The van der Waals surface area contributed by atoms with Crippen molar-refractivity contribution in [1.29, 1.82) is 0 Å². The van der Waals surface area contributed by atoms with Gasteiger partial charge in [-0.05, 0) is 54.4 Å². The Hall–Kier alpha value is -2.16. The van der Waals surface area contributed by atoms with E-state index >= 15 is 0 Å². The lowest BCUT2D eigenvalue weighted by Gasteiger charge is -2.24. The van der Waals surface area contributed by atoms with Gasteiger partial charge in [0.2, 0.25) is 10.0 Å². The van der Waals surface area contributed by atoms with E-state index in [0.29, 0.717) is 36.7 Å². The van der Waals surface area contributed by atoms with Crippen molar-refractivity contribution in [1.82, 2.24) is 9.21 Å². The van der Waals surface area contributed by atoms with Crippen molar-refractivity contribution >= 4 is 27.5 Å². The first-order chi connectivity index (χ1) is 13.8. The molecule has 2 aliphatic rings. The second kappa shape index (κ2) is 7.93. The highest BCUT2D eigenvalue weighted by molar-refractivity contribution is 7.89. The summed E-state index contributed by atoms with van der Waals surface area (Å²) in [7, 11) is -3.74. The van der Waals surface area contributed by atoms with Gasteiger partial charge in [0.15, 0.2) is 6.10 Å². The molecule has 0 N–H and O–H groups in total. The molecule has 154 valence electrons. The molecule has 2 aromatic carbocycles. The Bertz CT molecular complexity index is 1030. The molecule has 1 saturated heterocycles. The van der Waals surface area contributed by atoms with Gasteiger partial charge in [-0.1, -0.05) is 11.6 Å². The molecule has 0 spiro atoms. The van der Waals surface area contributed by atoms with E-state index in [1.54, 1.807) is 23.1 Å². The molecule has 4 rings (SSSR count). The lowest BCUT2D eigenvalue weighted by molar-refractivity contribution is -0.137. The monoisotopic (exact) mass is 438 g/mol. The number of ether oxygens (including phenoxy) is 1. The van der Waals surface area contributed by atoms with E-state index in [1.165, 1.54) is 16.4 Å². The maximum absolute atomic E-state index is 13.1. The van der Waals surface area contributed by atoms with Crippen LogP contribution in [-0.2, 0) is 21.2 Å². The largest absolute Gasteiger partial charge is 0.480 e. The average molecular weight is 439 g/mol. The fourth-order valence-corrected chi connectivity index (χ4v) is 5.33. The van der Waals surface area contributed by atoms with Gasteiger partial charge in [0.1, 0.15) is 11.6 Å². The van der Waals surface area contributed by atoms with Gasteiger partial charge in [-0.25, -0.2) is 12.8 Å². The standard InChI is InChI=1S/C20H20ClFN2O4S/c21-15-2-7-18-14(12-15)13-19(28-18)20(25)23-8-1-9-24(11-10-23)29(26,27)17-5-3-16(22)4-6-17/h2-7,12,19H,1,8-11,13H2. The number of hydrogen-bond acceptors (Lipinski definition) is 4. The van der Waals surface area contributed by atoms with E-state index in [4.69, 9.17) is 16.3 Å². The number of nitrogens with zero attached hydrogens (tertiary/aromatic N) is 2. The molecule has 2 aromatic rings. The van der Waals surface area contributed by atoms with E-state index in [2.05, 4.69) is 0 Å². The first-order valence-corrected chi connectivity index (χ1v) is 11.2. The first kappa shape index (κ1) is 20.1. The molecule has 2 aliphatic heterocycles. The Morgan fingerprint density at radius 2 is 1.83 bits per heavy atom. The highest BCUT2D eigenvalue weighted by Crippen LogP contribution is 2.32. The molecule has 0 radical (unpaired) electrons. The highest BCUT2D eigenvalue weighted by Gasteiger charge is 2.34. The zero-order chi connectivity index (χ0) is 20.6. The topological polar surface area (TPSA) is 66.9 Å². The van der Waals surface area contributed by atoms with Gasteiger partial charge >= 0.3 is 0 Å². The maximum atomic E-state index is 13.1. The fraction of sp³-hybridized carbons (Fsp3) is 0.350. The van der Waals surface area contributed by atoms with Crippen LogP contribution in [0, 0.1) is 5.82 Å². The molecule has 1 unspecified atom stereocenters. The average Bonchev–Trinajstić information content (AvgIpc) is 2.94. The lowest BCUT2D eigenvalue weighted by Crippen LogP contribution is -2.43. The van der Waals surface area contributed by atoms with Crippen molar-refractivity contribution in [3.8, 4) is 5.75 Å². The Labute approximate surface area is 173 Å². The normalized spacial score (nSPS) is 20.1. The van der Waals surface area contributed by atoms with Crippen LogP contribution in [0.15, 0.2) is 47.4 Å². The predicted molar refractivity (Wildman–Crippen MR) is 106 cm³/mol. The summed E-state index contributed by atoms with van der Waals surface area (Å²) in [6.07, 6.45) is 0.337. The van der Waals surface area contributed by atoms with E-state index in [-0.39, 0.29) is 23.9 Å². The van der Waals surface area contributed by atoms with Crippen molar-refractivity contribution in [2.75, 3.05) is 26.2 Å². The second-order valence-corrected chi connectivity index (χ2v) is 9.47. The number of rotatable bonds is 3. The number of carbonyl (C=O) groups is 1. The quantitative estimate of drug-likeness (QED) is 0.739. The van der Waals surface area contributed by atoms with Crippen LogP contribution in [0.3, 0.4) is 0 Å². The molecule has 2 heterocycles. The first-order valence-electron chi connectivity index (χ1n) is 9.34. The summed E-state index contributed by atoms with van der Waals surface area (Å²) >= 11 is 6.00. The third-order valence-electron chi connectivity index (χ3n) is 5.19. The molecule has 29 heavy (non-hydrogen) atoms. The Morgan fingerprint density at radius 1 is 1.07 bits per heavy atom. The van der Waals surface area contributed by atoms with Crippen molar-refractivity contribution in [3.05, 3.63) is 58.9 Å². The smallest absolute Gasteiger partial charge is 0.264 e. The number of sulfonamides is 1. The van der Waals surface area contributed by atoms with E-state index in [0.717, 1.165) is 17.7 Å². The van der Waals surface area contributed by atoms with Gasteiger partial charge in [0.25, 0.3) is 5.91 Å². The minimum atomic E-state index is -3.74. The molecule has 0 aliphatic carbocycles. The molecule has 6 nitrogen and oxygen atoms in total. The second-order valence-electron chi connectivity index (χ2n) is 7.10. The van der Waals surface area contributed by atoms with Gasteiger partial charge in [0.05, 0.1) is 4.90 Å². The van der Waals surface area contributed by atoms with Crippen LogP contribution in [0.5, 0.6) is 5.75 Å². The number of amides is 1. The molecular weight excluding hydrogens is 419 g/mol. The van der Waals surface area contributed by atoms with E-state index in [1.807, 2.05) is 0 Å². The van der Waals surface area contributed by atoms with Gasteiger partial charge in [-0.2, -0.15) is 4.31 Å². The summed E-state index contributed by atoms with van der Waals surface area (Å²) in [5.74, 6) is 0.0110. The number of halogens is 2. The van der Waals surface area contributed by atoms with Gasteiger partial charge in [0, 0.05) is 37.6 Å². The number of carbonyl (C=O) groups excluding carboxylic acids is 1.